The predicted molar refractivity (Wildman–Crippen MR) is 82.8 cm³/mol. The number of carbonyl (C=O) groups is 1. The number of hydrogen-bond acceptors (Lipinski definition) is 6. The topological polar surface area (TPSA) is 84.2 Å². The lowest BCUT2D eigenvalue weighted by atomic mass is 10.1. The molecule has 1 aliphatic rings. The standard InChI is InChI=1S/C15H21N5O2/c1-10-13-14(20-8-4-3-5-9-20)17-11(6-7-12(21)16-2)18-15(13)22-19-10/h3-9H2,1-2H3,(H,16,21). The van der Waals surface area contributed by atoms with Crippen LogP contribution in [0, 0.1) is 6.92 Å². The van der Waals surface area contributed by atoms with Crippen molar-refractivity contribution in [2.45, 2.75) is 39.0 Å². The Labute approximate surface area is 129 Å². The van der Waals surface area contributed by atoms with Crippen molar-refractivity contribution in [3.63, 3.8) is 0 Å². The molecule has 7 heteroatoms. The van der Waals surface area contributed by atoms with Gasteiger partial charge in [-0.3, -0.25) is 4.79 Å². The van der Waals surface area contributed by atoms with Crippen molar-refractivity contribution in [1.82, 2.24) is 20.4 Å². The zero-order valence-electron chi connectivity index (χ0n) is 13.1. The first-order valence-corrected chi connectivity index (χ1v) is 7.77. The van der Waals surface area contributed by atoms with Gasteiger partial charge in [0.2, 0.25) is 5.91 Å². The second-order valence-corrected chi connectivity index (χ2v) is 5.63. The molecular formula is C15H21N5O2. The highest BCUT2D eigenvalue weighted by Crippen LogP contribution is 2.29. The number of carbonyl (C=O) groups excluding carboxylic acids is 1. The fourth-order valence-corrected chi connectivity index (χ4v) is 2.81. The molecule has 3 rings (SSSR count). The Kier molecular flexibility index (Phi) is 4.22. The van der Waals surface area contributed by atoms with Gasteiger partial charge in [-0.25, -0.2) is 4.98 Å². The fourth-order valence-electron chi connectivity index (χ4n) is 2.81. The molecule has 1 N–H and O–H groups in total. The molecule has 1 amide bonds. The Hall–Kier alpha value is -2.18. The molecule has 1 fully saturated rings. The molecule has 2 aromatic rings. The van der Waals surface area contributed by atoms with Crippen molar-refractivity contribution in [2.24, 2.45) is 0 Å². The van der Waals surface area contributed by atoms with E-state index in [-0.39, 0.29) is 5.91 Å². The van der Waals surface area contributed by atoms with Gasteiger partial charge in [-0.15, -0.1) is 0 Å². The Morgan fingerprint density at radius 2 is 2.05 bits per heavy atom. The van der Waals surface area contributed by atoms with E-state index in [9.17, 15) is 4.79 Å². The van der Waals surface area contributed by atoms with E-state index in [4.69, 9.17) is 9.51 Å². The van der Waals surface area contributed by atoms with Crippen molar-refractivity contribution in [2.75, 3.05) is 25.0 Å². The third kappa shape index (κ3) is 2.88. The molecule has 0 unspecified atom stereocenters. The summed E-state index contributed by atoms with van der Waals surface area (Å²) in [7, 11) is 1.63. The van der Waals surface area contributed by atoms with Gasteiger partial charge in [0.05, 0.1) is 5.69 Å². The van der Waals surface area contributed by atoms with E-state index in [1.165, 1.54) is 19.3 Å². The van der Waals surface area contributed by atoms with E-state index in [0.29, 0.717) is 24.4 Å². The van der Waals surface area contributed by atoms with Gasteiger partial charge in [0, 0.05) is 33.0 Å². The normalized spacial score (nSPS) is 15.3. The van der Waals surface area contributed by atoms with Gasteiger partial charge in [0.1, 0.15) is 17.0 Å². The third-order valence-corrected chi connectivity index (χ3v) is 4.04. The number of amides is 1. The first-order chi connectivity index (χ1) is 10.7. The van der Waals surface area contributed by atoms with Crippen molar-refractivity contribution < 1.29 is 9.32 Å². The van der Waals surface area contributed by atoms with Crippen molar-refractivity contribution >= 4 is 22.8 Å². The summed E-state index contributed by atoms with van der Waals surface area (Å²) in [4.78, 5) is 22.8. The minimum Gasteiger partial charge on any atom is -0.359 e. The van der Waals surface area contributed by atoms with Gasteiger partial charge in [-0.2, -0.15) is 4.98 Å². The molecule has 2 aromatic heterocycles. The number of aromatic nitrogens is 3. The molecule has 0 radical (unpaired) electrons. The average molecular weight is 303 g/mol. The van der Waals surface area contributed by atoms with Crippen LogP contribution in [-0.2, 0) is 11.2 Å². The van der Waals surface area contributed by atoms with Crippen LogP contribution in [0.1, 0.15) is 37.2 Å². The highest BCUT2D eigenvalue weighted by molar-refractivity contribution is 5.88. The quantitative estimate of drug-likeness (QED) is 0.923. The summed E-state index contributed by atoms with van der Waals surface area (Å²) in [6.45, 7) is 3.89. The second kappa shape index (κ2) is 6.29. The monoisotopic (exact) mass is 303 g/mol. The van der Waals surface area contributed by atoms with Crippen molar-refractivity contribution in [3.05, 3.63) is 11.5 Å². The molecule has 0 bridgehead atoms. The second-order valence-electron chi connectivity index (χ2n) is 5.63. The maximum absolute atomic E-state index is 11.4. The summed E-state index contributed by atoms with van der Waals surface area (Å²) in [6, 6.07) is 0. The molecule has 7 nitrogen and oxygen atoms in total. The molecule has 0 aromatic carbocycles. The third-order valence-electron chi connectivity index (χ3n) is 4.04. The zero-order valence-corrected chi connectivity index (χ0v) is 13.1. The molecule has 0 aliphatic carbocycles. The molecule has 1 aliphatic heterocycles. The van der Waals surface area contributed by atoms with Crippen molar-refractivity contribution in [1.29, 1.82) is 0 Å². The minimum absolute atomic E-state index is 0.0167. The van der Waals surface area contributed by atoms with E-state index in [2.05, 4.69) is 20.4 Å². The summed E-state index contributed by atoms with van der Waals surface area (Å²) < 4.78 is 5.33. The highest BCUT2D eigenvalue weighted by Gasteiger charge is 2.21. The first-order valence-electron chi connectivity index (χ1n) is 7.77. The summed E-state index contributed by atoms with van der Waals surface area (Å²) in [5, 5.41) is 7.53. The molecule has 0 saturated carbocycles. The van der Waals surface area contributed by atoms with Crippen LogP contribution >= 0.6 is 0 Å². The van der Waals surface area contributed by atoms with Gasteiger partial charge in [0.15, 0.2) is 0 Å². The number of anilines is 1. The maximum atomic E-state index is 11.4. The number of nitrogens with one attached hydrogen (secondary N) is 1. The Morgan fingerprint density at radius 3 is 2.77 bits per heavy atom. The summed E-state index contributed by atoms with van der Waals surface area (Å²) in [5.74, 6) is 1.51. The Morgan fingerprint density at radius 1 is 1.27 bits per heavy atom. The lowest BCUT2D eigenvalue weighted by Crippen LogP contribution is -2.30. The van der Waals surface area contributed by atoms with Gasteiger partial charge in [-0.1, -0.05) is 5.16 Å². The molecule has 0 atom stereocenters. The van der Waals surface area contributed by atoms with Crippen LogP contribution in [-0.4, -0.2) is 41.2 Å². The number of fused-ring (bicyclic) bond motifs is 1. The van der Waals surface area contributed by atoms with Gasteiger partial charge < -0.3 is 14.7 Å². The van der Waals surface area contributed by atoms with Crippen LogP contribution in [0.5, 0.6) is 0 Å². The lowest BCUT2D eigenvalue weighted by molar-refractivity contribution is -0.120. The molecular weight excluding hydrogens is 282 g/mol. The first kappa shape index (κ1) is 14.7. The summed E-state index contributed by atoms with van der Waals surface area (Å²) in [5.41, 5.74) is 1.33. The minimum atomic E-state index is -0.0167. The Balaban J connectivity index is 1.95. The van der Waals surface area contributed by atoms with E-state index in [1.54, 1.807) is 7.05 Å². The van der Waals surface area contributed by atoms with Gasteiger partial charge >= 0.3 is 0 Å². The van der Waals surface area contributed by atoms with Gasteiger partial charge in [-0.05, 0) is 26.2 Å². The van der Waals surface area contributed by atoms with E-state index in [1.807, 2.05) is 6.92 Å². The van der Waals surface area contributed by atoms with Crippen LogP contribution in [0.2, 0.25) is 0 Å². The van der Waals surface area contributed by atoms with Crippen LogP contribution in [0.3, 0.4) is 0 Å². The van der Waals surface area contributed by atoms with Crippen LogP contribution in [0.25, 0.3) is 11.1 Å². The number of aryl methyl sites for hydroxylation is 2. The molecule has 0 spiro atoms. The summed E-state index contributed by atoms with van der Waals surface area (Å²) in [6.07, 6.45) is 4.47. The van der Waals surface area contributed by atoms with Crippen molar-refractivity contribution in [3.8, 4) is 0 Å². The number of rotatable bonds is 4. The van der Waals surface area contributed by atoms with E-state index in [0.717, 1.165) is 30.0 Å². The molecule has 118 valence electrons. The lowest BCUT2D eigenvalue weighted by Gasteiger charge is -2.28. The molecule has 1 saturated heterocycles. The smallest absolute Gasteiger partial charge is 0.263 e. The number of piperidine rings is 1. The van der Waals surface area contributed by atoms with Gasteiger partial charge in [0.25, 0.3) is 5.71 Å². The van der Waals surface area contributed by atoms with E-state index >= 15 is 0 Å². The Bertz CT molecular complexity index is 676. The van der Waals surface area contributed by atoms with Crippen LogP contribution in [0.4, 0.5) is 5.82 Å². The molecule has 3 heterocycles. The number of hydrogen-bond donors (Lipinski definition) is 1. The SMILES string of the molecule is CNC(=O)CCc1nc(N2CCCCC2)c2c(C)noc2n1. The van der Waals surface area contributed by atoms with Crippen LogP contribution in [0.15, 0.2) is 4.52 Å². The fraction of sp³-hybridized carbons (Fsp3) is 0.600. The zero-order chi connectivity index (χ0) is 15.5. The maximum Gasteiger partial charge on any atom is 0.263 e. The number of nitrogens with zero attached hydrogens (tertiary/aromatic N) is 4. The largest absolute Gasteiger partial charge is 0.359 e. The average Bonchev–Trinajstić information content (AvgIpc) is 2.94. The van der Waals surface area contributed by atoms with Crippen LogP contribution < -0.4 is 10.2 Å². The molecule has 22 heavy (non-hydrogen) atoms. The summed E-state index contributed by atoms with van der Waals surface area (Å²) >= 11 is 0. The predicted octanol–water partition coefficient (Wildman–Crippen LogP) is 1.60. The highest BCUT2D eigenvalue weighted by atomic mass is 16.5. The van der Waals surface area contributed by atoms with E-state index < -0.39 is 0 Å².